The predicted molar refractivity (Wildman–Crippen MR) is 89.4 cm³/mol. The number of alkyl halides is 6. The van der Waals surface area contributed by atoms with Gasteiger partial charge in [0.25, 0.3) is 0 Å². The van der Waals surface area contributed by atoms with Gasteiger partial charge in [0.2, 0.25) is 0 Å². The van der Waals surface area contributed by atoms with Crippen molar-refractivity contribution in [2.75, 3.05) is 5.75 Å². The monoisotopic (exact) mass is 547 g/mol. The molecule has 14 heteroatoms. The van der Waals surface area contributed by atoms with E-state index in [4.69, 9.17) is 4.74 Å². The molecule has 0 aliphatic heterocycles. The zero-order chi connectivity index (χ0) is 22.1. The van der Waals surface area contributed by atoms with Gasteiger partial charge in [0.05, 0.1) is 21.6 Å². The number of hydrogen-bond acceptors (Lipinski definition) is 6. The molecule has 0 bridgehead atoms. The molecule has 28 heavy (non-hydrogen) atoms. The summed E-state index contributed by atoms with van der Waals surface area (Å²) in [7, 11) is -6.13. The Morgan fingerprint density at radius 1 is 1.18 bits per heavy atom. The van der Waals surface area contributed by atoms with Gasteiger partial charge in [-0.05, 0) is 47.7 Å². The quantitative estimate of drug-likeness (QED) is 0.177. The summed E-state index contributed by atoms with van der Waals surface area (Å²) in [6.45, 7) is 4.61. The average Bonchev–Trinajstić information content (AvgIpc) is 2.41. The van der Waals surface area contributed by atoms with E-state index in [9.17, 15) is 44.1 Å². The van der Waals surface area contributed by atoms with Crippen LogP contribution in [0.3, 0.4) is 0 Å². The fourth-order valence-electron chi connectivity index (χ4n) is 1.87. The van der Waals surface area contributed by atoms with Gasteiger partial charge in [0.1, 0.15) is 11.3 Å². The molecule has 0 unspecified atom stereocenters. The maximum absolute atomic E-state index is 13.2. The Morgan fingerprint density at radius 2 is 1.68 bits per heavy atom. The zero-order valence-electron chi connectivity index (χ0n) is 13.6. The minimum Gasteiger partial charge on any atom is -0.748 e. The van der Waals surface area contributed by atoms with Gasteiger partial charge in [-0.15, -0.1) is 0 Å². The second-order valence-corrected chi connectivity index (χ2v) is 8.01. The number of halogens is 7. The van der Waals surface area contributed by atoms with Crippen molar-refractivity contribution < 1.29 is 53.6 Å². The van der Waals surface area contributed by atoms with E-state index in [1.807, 2.05) is 0 Å². The summed E-state index contributed by atoms with van der Waals surface area (Å²) in [6.07, 6.45) is -12.9. The van der Waals surface area contributed by atoms with Crippen molar-refractivity contribution in [1.29, 1.82) is 0 Å². The van der Waals surface area contributed by atoms with Crippen LogP contribution in [-0.4, -0.2) is 42.6 Å². The third-order valence-electron chi connectivity index (χ3n) is 3.01. The van der Waals surface area contributed by atoms with E-state index < -0.39 is 51.1 Å². The molecule has 0 saturated heterocycles. The van der Waals surface area contributed by atoms with Crippen LogP contribution in [0.4, 0.5) is 26.3 Å². The summed E-state index contributed by atoms with van der Waals surface area (Å²) in [5.41, 5.74) is -6.44. The summed E-state index contributed by atoms with van der Waals surface area (Å²) in [5, 5.41) is 0. The first kappa shape index (κ1) is 24.5. The molecular formula is C14H10F6IO6S-. The van der Waals surface area contributed by atoms with Crippen LogP contribution < -0.4 is 4.74 Å². The second-order valence-electron chi connectivity index (χ2n) is 5.36. The van der Waals surface area contributed by atoms with Crippen molar-refractivity contribution in [3.63, 3.8) is 0 Å². The number of esters is 1. The van der Waals surface area contributed by atoms with Gasteiger partial charge in [-0.1, -0.05) is 6.58 Å². The lowest BCUT2D eigenvalue weighted by Gasteiger charge is -2.37. The zero-order valence-corrected chi connectivity index (χ0v) is 16.6. The summed E-state index contributed by atoms with van der Waals surface area (Å²) >= 11 is 1.72. The van der Waals surface area contributed by atoms with Crippen molar-refractivity contribution in [3.8, 4) is 5.75 Å². The van der Waals surface area contributed by atoms with Gasteiger partial charge in [-0.3, -0.25) is 0 Å². The first-order chi connectivity index (χ1) is 12.4. The van der Waals surface area contributed by atoms with Gasteiger partial charge in [-0.2, -0.15) is 26.3 Å². The molecule has 0 saturated carbocycles. The molecule has 1 aromatic rings. The topological polar surface area (TPSA) is 92.7 Å². The molecule has 0 aromatic heterocycles. The maximum Gasteiger partial charge on any atom is 0.438 e. The van der Waals surface area contributed by atoms with Crippen molar-refractivity contribution >= 4 is 38.7 Å². The molecule has 1 rings (SSSR count). The van der Waals surface area contributed by atoms with Crippen LogP contribution in [0.5, 0.6) is 5.75 Å². The molecule has 0 aliphatic carbocycles. The van der Waals surface area contributed by atoms with Gasteiger partial charge < -0.3 is 14.0 Å². The minimum atomic E-state index is -6.46. The van der Waals surface area contributed by atoms with E-state index >= 15 is 0 Å². The Morgan fingerprint density at radius 3 is 2.07 bits per heavy atom. The summed E-state index contributed by atoms with van der Waals surface area (Å²) < 4.78 is 120. The van der Waals surface area contributed by atoms with E-state index in [2.05, 4.69) is 11.3 Å². The van der Waals surface area contributed by atoms with Gasteiger partial charge in [-0.25, -0.2) is 13.2 Å². The molecule has 0 spiro atoms. The van der Waals surface area contributed by atoms with Crippen LogP contribution in [0.15, 0.2) is 30.5 Å². The SMILES string of the molecule is C=C(C)Oc1cc(I)ccc1C(=O)OC(CS(=O)(=O)[O-])(C(F)(F)F)C(F)(F)F. The number of rotatable bonds is 6. The van der Waals surface area contributed by atoms with E-state index in [1.165, 1.54) is 6.92 Å². The van der Waals surface area contributed by atoms with E-state index in [-0.39, 0.29) is 5.76 Å². The fourth-order valence-corrected chi connectivity index (χ4v) is 3.22. The van der Waals surface area contributed by atoms with Crippen LogP contribution in [-0.2, 0) is 14.9 Å². The molecule has 0 radical (unpaired) electrons. The summed E-state index contributed by atoms with van der Waals surface area (Å²) in [5.74, 6) is -5.82. The highest BCUT2D eigenvalue weighted by atomic mass is 127. The normalized spacial score (nSPS) is 13.2. The van der Waals surface area contributed by atoms with E-state index in [1.54, 1.807) is 22.6 Å². The number of benzene rings is 1. The molecule has 1 aromatic carbocycles. The highest BCUT2D eigenvalue weighted by Crippen LogP contribution is 2.47. The second kappa shape index (κ2) is 8.06. The van der Waals surface area contributed by atoms with Crippen LogP contribution >= 0.6 is 22.6 Å². The van der Waals surface area contributed by atoms with Crippen molar-refractivity contribution in [2.45, 2.75) is 24.9 Å². The lowest BCUT2D eigenvalue weighted by Crippen LogP contribution is -2.63. The Balaban J connectivity index is 3.57. The third kappa shape index (κ3) is 5.73. The highest BCUT2D eigenvalue weighted by molar-refractivity contribution is 14.1. The molecule has 0 heterocycles. The molecule has 0 amide bonds. The number of allylic oxidation sites excluding steroid dienone is 1. The van der Waals surface area contributed by atoms with Crippen LogP contribution in [0.2, 0.25) is 0 Å². The number of carbonyl (C=O) groups excluding carboxylic acids is 1. The average molecular weight is 547 g/mol. The van der Waals surface area contributed by atoms with E-state index in [0.717, 1.165) is 18.2 Å². The molecule has 0 N–H and O–H groups in total. The lowest BCUT2D eigenvalue weighted by molar-refractivity contribution is -0.356. The van der Waals surface area contributed by atoms with Gasteiger partial charge in [0, 0.05) is 3.57 Å². The molecule has 6 nitrogen and oxygen atoms in total. The lowest BCUT2D eigenvalue weighted by atomic mass is 10.1. The summed E-state index contributed by atoms with van der Waals surface area (Å²) in [4.78, 5) is 12.1. The highest BCUT2D eigenvalue weighted by Gasteiger charge is 2.75. The first-order valence-electron chi connectivity index (χ1n) is 6.83. The Hall–Kier alpha value is -1.55. The largest absolute Gasteiger partial charge is 0.748 e. The van der Waals surface area contributed by atoms with Crippen LogP contribution in [0.25, 0.3) is 0 Å². The van der Waals surface area contributed by atoms with Crippen molar-refractivity contribution in [3.05, 3.63) is 39.7 Å². The number of ether oxygens (including phenoxy) is 2. The molecular weight excluding hydrogens is 537 g/mol. The molecule has 0 fully saturated rings. The van der Waals surface area contributed by atoms with Gasteiger partial charge >= 0.3 is 23.9 Å². The van der Waals surface area contributed by atoms with E-state index in [0.29, 0.717) is 3.57 Å². The molecule has 0 aliphatic rings. The maximum atomic E-state index is 13.2. The fraction of sp³-hybridized carbons (Fsp3) is 0.357. The summed E-state index contributed by atoms with van der Waals surface area (Å²) in [6, 6.07) is 3.06. The van der Waals surface area contributed by atoms with Crippen molar-refractivity contribution in [1.82, 2.24) is 0 Å². The Labute approximate surface area is 168 Å². The Kier molecular flexibility index (Phi) is 7.05. The first-order valence-corrected chi connectivity index (χ1v) is 9.48. The number of carbonyl (C=O) groups is 1. The van der Waals surface area contributed by atoms with Crippen molar-refractivity contribution in [2.24, 2.45) is 0 Å². The molecule has 0 atom stereocenters. The number of hydrogen-bond donors (Lipinski definition) is 0. The van der Waals surface area contributed by atoms with Gasteiger partial charge in [0.15, 0.2) is 0 Å². The van der Waals surface area contributed by atoms with Crippen LogP contribution in [0, 0.1) is 3.57 Å². The smallest absolute Gasteiger partial charge is 0.438 e. The molecule has 158 valence electrons. The minimum absolute atomic E-state index is 0.0592. The predicted octanol–water partition coefficient (Wildman–Crippen LogP) is 3.77. The Bertz CT molecular complexity index is 863. The van der Waals surface area contributed by atoms with Crippen LogP contribution in [0.1, 0.15) is 17.3 Å². The standard InChI is InChI=1S/C14H11F6IO6S/c1-7(2)26-10-5-8(21)3-4-9(10)11(22)27-12(13(15,16)17,14(18,19)20)6-28(23,24)25/h3-5H,1,6H2,2H3,(H,23,24,25)/p-1. The third-order valence-corrected chi connectivity index (χ3v) is 4.44.